The summed E-state index contributed by atoms with van der Waals surface area (Å²) in [5, 5.41) is 12.1. The van der Waals surface area contributed by atoms with Gasteiger partial charge < -0.3 is 10.1 Å². The number of hydrogen-bond acceptors (Lipinski definition) is 3. The van der Waals surface area contributed by atoms with Crippen LogP contribution < -0.4 is 10.1 Å². The Morgan fingerprint density at radius 3 is 2.55 bits per heavy atom. The summed E-state index contributed by atoms with van der Waals surface area (Å²) in [6.45, 7) is 4.16. The van der Waals surface area contributed by atoms with E-state index in [0.717, 1.165) is 23.5 Å². The lowest BCUT2D eigenvalue weighted by Crippen LogP contribution is -2.09. The molecule has 102 valence electrons. The molecule has 0 radical (unpaired) electrons. The van der Waals surface area contributed by atoms with Crippen molar-refractivity contribution in [2.24, 2.45) is 0 Å². The van der Waals surface area contributed by atoms with E-state index in [0.29, 0.717) is 5.56 Å². The Morgan fingerprint density at radius 1 is 1.15 bits per heavy atom. The molecule has 0 spiro atoms. The van der Waals surface area contributed by atoms with Gasteiger partial charge in [-0.2, -0.15) is 5.26 Å². The number of nitrogens with one attached hydrogen (secondary N) is 1. The van der Waals surface area contributed by atoms with Gasteiger partial charge in [0.2, 0.25) is 0 Å². The fourth-order valence-electron chi connectivity index (χ4n) is 1.76. The zero-order valence-corrected chi connectivity index (χ0v) is 11.8. The minimum atomic E-state index is 0.208. The highest BCUT2D eigenvalue weighted by Crippen LogP contribution is 2.22. The number of rotatable bonds is 5. The Bertz CT molecular complexity index is 599. The Morgan fingerprint density at radius 2 is 1.90 bits per heavy atom. The van der Waals surface area contributed by atoms with E-state index < -0.39 is 0 Å². The van der Waals surface area contributed by atoms with Crippen LogP contribution in [0.4, 0.5) is 11.4 Å². The second kappa shape index (κ2) is 6.63. The zero-order valence-electron chi connectivity index (χ0n) is 11.8. The van der Waals surface area contributed by atoms with Crippen molar-refractivity contribution < 1.29 is 4.74 Å². The molecule has 1 unspecified atom stereocenters. The molecule has 0 aliphatic rings. The van der Waals surface area contributed by atoms with E-state index in [1.807, 2.05) is 36.4 Å². The van der Waals surface area contributed by atoms with E-state index in [4.69, 9.17) is 10.00 Å². The van der Waals surface area contributed by atoms with Crippen LogP contribution in [0.15, 0.2) is 48.5 Å². The molecule has 2 rings (SSSR count). The Hall–Kier alpha value is -2.47. The number of ether oxygens (including phenoxy) is 1. The molecular weight excluding hydrogens is 248 g/mol. The van der Waals surface area contributed by atoms with Crippen molar-refractivity contribution in [2.45, 2.75) is 26.4 Å². The van der Waals surface area contributed by atoms with Crippen LogP contribution in [-0.2, 0) is 0 Å². The van der Waals surface area contributed by atoms with E-state index in [2.05, 4.69) is 25.2 Å². The standard InChI is InChI=1S/C17H18N2O/c1-3-13(2)20-17-6-4-5-16(11-17)19-15-9-7-14(12-18)8-10-15/h4-11,13,19H,3H2,1-2H3. The molecule has 0 aromatic heterocycles. The molecule has 0 aliphatic heterocycles. The molecule has 0 aliphatic carbocycles. The number of anilines is 2. The summed E-state index contributed by atoms with van der Waals surface area (Å²) < 4.78 is 5.80. The van der Waals surface area contributed by atoms with Gasteiger partial charge in [0.1, 0.15) is 5.75 Å². The Labute approximate surface area is 119 Å². The molecule has 0 saturated carbocycles. The molecule has 0 heterocycles. The summed E-state index contributed by atoms with van der Waals surface area (Å²) in [6, 6.07) is 17.4. The molecule has 0 saturated heterocycles. The molecule has 1 atom stereocenters. The maximum Gasteiger partial charge on any atom is 0.121 e. The average Bonchev–Trinajstić information content (AvgIpc) is 2.48. The second-order valence-corrected chi connectivity index (χ2v) is 4.68. The van der Waals surface area contributed by atoms with E-state index >= 15 is 0 Å². The highest BCUT2D eigenvalue weighted by atomic mass is 16.5. The number of nitrogens with zero attached hydrogens (tertiary/aromatic N) is 1. The SMILES string of the molecule is CCC(C)Oc1cccc(Nc2ccc(C#N)cc2)c1. The van der Waals surface area contributed by atoms with Gasteiger partial charge in [0.25, 0.3) is 0 Å². The highest BCUT2D eigenvalue weighted by molar-refractivity contribution is 5.61. The summed E-state index contributed by atoms with van der Waals surface area (Å²) in [6.07, 6.45) is 1.19. The molecule has 3 heteroatoms. The molecule has 0 amide bonds. The molecular formula is C17H18N2O. The molecule has 0 fully saturated rings. The van der Waals surface area contributed by atoms with Gasteiger partial charge in [0, 0.05) is 17.4 Å². The largest absolute Gasteiger partial charge is 0.491 e. The van der Waals surface area contributed by atoms with Gasteiger partial charge in [-0.1, -0.05) is 13.0 Å². The lowest BCUT2D eigenvalue weighted by molar-refractivity contribution is 0.217. The molecule has 2 aromatic carbocycles. The van der Waals surface area contributed by atoms with E-state index in [1.54, 1.807) is 12.1 Å². The van der Waals surface area contributed by atoms with Gasteiger partial charge in [-0.25, -0.2) is 0 Å². The van der Waals surface area contributed by atoms with Crippen LogP contribution in [0.2, 0.25) is 0 Å². The van der Waals surface area contributed by atoms with Crippen LogP contribution in [-0.4, -0.2) is 6.10 Å². The third-order valence-corrected chi connectivity index (χ3v) is 3.05. The maximum absolute atomic E-state index is 8.77. The van der Waals surface area contributed by atoms with Gasteiger partial charge in [-0.3, -0.25) is 0 Å². The van der Waals surface area contributed by atoms with Crippen LogP contribution in [0.1, 0.15) is 25.8 Å². The van der Waals surface area contributed by atoms with Crippen molar-refractivity contribution in [1.82, 2.24) is 0 Å². The first kappa shape index (κ1) is 14.0. The summed E-state index contributed by atoms with van der Waals surface area (Å²) in [5.74, 6) is 0.859. The summed E-state index contributed by atoms with van der Waals surface area (Å²) >= 11 is 0. The summed E-state index contributed by atoms with van der Waals surface area (Å²) in [7, 11) is 0. The van der Waals surface area contributed by atoms with Crippen molar-refractivity contribution in [1.29, 1.82) is 5.26 Å². The van der Waals surface area contributed by atoms with Crippen molar-refractivity contribution in [2.75, 3.05) is 5.32 Å². The summed E-state index contributed by atoms with van der Waals surface area (Å²) in [4.78, 5) is 0. The first-order valence-electron chi connectivity index (χ1n) is 6.75. The minimum absolute atomic E-state index is 0.208. The number of hydrogen-bond donors (Lipinski definition) is 1. The van der Waals surface area contributed by atoms with Crippen molar-refractivity contribution in [3.8, 4) is 11.8 Å². The summed E-state index contributed by atoms with van der Waals surface area (Å²) in [5.41, 5.74) is 2.57. The smallest absolute Gasteiger partial charge is 0.121 e. The normalized spacial score (nSPS) is 11.4. The van der Waals surface area contributed by atoms with E-state index in [1.165, 1.54) is 0 Å². The molecule has 3 nitrogen and oxygen atoms in total. The number of benzene rings is 2. The van der Waals surface area contributed by atoms with Crippen molar-refractivity contribution >= 4 is 11.4 Å². The fourth-order valence-corrected chi connectivity index (χ4v) is 1.76. The third kappa shape index (κ3) is 3.76. The molecule has 0 bridgehead atoms. The zero-order chi connectivity index (χ0) is 14.4. The van der Waals surface area contributed by atoms with Crippen LogP contribution >= 0.6 is 0 Å². The predicted octanol–water partition coefficient (Wildman–Crippen LogP) is 4.48. The van der Waals surface area contributed by atoms with Gasteiger partial charge in [0.05, 0.1) is 17.7 Å². The minimum Gasteiger partial charge on any atom is -0.491 e. The third-order valence-electron chi connectivity index (χ3n) is 3.05. The average molecular weight is 266 g/mol. The van der Waals surface area contributed by atoms with Gasteiger partial charge in [-0.15, -0.1) is 0 Å². The fraction of sp³-hybridized carbons (Fsp3) is 0.235. The Kier molecular flexibility index (Phi) is 4.62. The second-order valence-electron chi connectivity index (χ2n) is 4.68. The van der Waals surface area contributed by atoms with Crippen LogP contribution in [0.5, 0.6) is 5.75 Å². The number of nitriles is 1. The van der Waals surface area contributed by atoms with Crippen LogP contribution in [0.25, 0.3) is 0 Å². The van der Waals surface area contributed by atoms with Crippen molar-refractivity contribution in [3.05, 3.63) is 54.1 Å². The van der Waals surface area contributed by atoms with Gasteiger partial charge in [-0.05, 0) is 49.7 Å². The van der Waals surface area contributed by atoms with Gasteiger partial charge in [0.15, 0.2) is 0 Å². The first-order chi connectivity index (χ1) is 9.71. The highest BCUT2D eigenvalue weighted by Gasteiger charge is 2.02. The van der Waals surface area contributed by atoms with E-state index in [9.17, 15) is 0 Å². The maximum atomic E-state index is 8.77. The molecule has 1 N–H and O–H groups in total. The monoisotopic (exact) mass is 266 g/mol. The first-order valence-corrected chi connectivity index (χ1v) is 6.75. The van der Waals surface area contributed by atoms with Crippen LogP contribution in [0, 0.1) is 11.3 Å². The topological polar surface area (TPSA) is 45.0 Å². The van der Waals surface area contributed by atoms with Crippen LogP contribution in [0.3, 0.4) is 0 Å². The van der Waals surface area contributed by atoms with Gasteiger partial charge >= 0.3 is 0 Å². The Balaban J connectivity index is 2.09. The molecule has 20 heavy (non-hydrogen) atoms. The van der Waals surface area contributed by atoms with Crippen molar-refractivity contribution in [3.63, 3.8) is 0 Å². The lowest BCUT2D eigenvalue weighted by Gasteiger charge is -2.14. The predicted molar refractivity (Wildman–Crippen MR) is 81.3 cm³/mol. The lowest BCUT2D eigenvalue weighted by atomic mass is 10.2. The quantitative estimate of drug-likeness (QED) is 0.867. The van der Waals surface area contributed by atoms with E-state index in [-0.39, 0.29) is 6.10 Å². The molecule has 2 aromatic rings.